The van der Waals surface area contributed by atoms with Crippen LogP contribution in [0.5, 0.6) is 5.75 Å². The summed E-state index contributed by atoms with van der Waals surface area (Å²) in [5.74, 6) is -8.50. The minimum atomic E-state index is -4.30. The molecule has 1 rings (SSSR count). The second kappa shape index (κ2) is 4.15. The van der Waals surface area contributed by atoms with E-state index >= 15 is 0 Å². The lowest BCUT2D eigenvalue weighted by Gasteiger charge is -2.24. The van der Waals surface area contributed by atoms with Crippen molar-refractivity contribution >= 4 is 0 Å². The lowest BCUT2D eigenvalue weighted by Crippen LogP contribution is -2.35. The molecule has 88 valence electrons. The van der Waals surface area contributed by atoms with Crippen molar-refractivity contribution in [2.24, 2.45) is 0 Å². The molecule has 1 nitrogen and oxygen atoms in total. The molecule has 0 heterocycles. The zero-order valence-corrected chi connectivity index (χ0v) is 8.51. The summed E-state index contributed by atoms with van der Waals surface area (Å²) in [6.45, 7) is 2.71. The van der Waals surface area contributed by atoms with Crippen LogP contribution in [-0.2, 0) is 5.92 Å². The van der Waals surface area contributed by atoms with Crippen LogP contribution in [0.2, 0.25) is 0 Å². The highest BCUT2D eigenvalue weighted by molar-refractivity contribution is 5.33. The second-order valence-electron chi connectivity index (χ2n) is 3.13. The highest BCUT2D eigenvalue weighted by Gasteiger charge is 2.55. The Hall–Kier alpha value is -1.52. The SMILES string of the molecule is C=CC(F)(F)C(F)(F)c1cccc(OC)c1. The molecule has 0 atom stereocenters. The zero-order valence-electron chi connectivity index (χ0n) is 8.51. The largest absolute Gasteiger partial charge is 0.497 e. The molecule has 0 aliphatic rings. The van der Waals surface area contributed by atoms with Crippen LogP contribution in [0, 0.1) is 0 Å². The minimum absolute atomic E-state index is 0.0630. The van der Waals surface area contributed by atoms with Crippen LogP contribution >= 0.6 is 0 Å². The lowest BCUT2D eigenvalue weighted by molar-refractivity contribution is -0.186. The molecule has 5 heteroatoms. The molecule has 0 radical (unpaired) electrons. The smallest absolute Gasteiger partial charge is 0.339 e. The molecule has 0 amide bonds. The molecule has 0 bridgehead atoms. The van der Waals surface area contributed by atoms with Crippen molar-refractivity contribution in [1.29, 1.82) is 0 Å². The fraction of sp³-hybridized carbons (Fsp3) is 0.273. The van der Waals surface area contributed by atoms with E-state index in [9.17, 15) is 17.6 Å². The van der Waals surface area contributed by atoms with Crippen LogP contribution in [0.25, 0.3) is 0 Å². The van der Waals surface area contributed by atoms with Crippen LogP contribution < -0.4 is 4.74 Å². The Morgan fingerprint density at radius 3 is 2.38 bits per heavy atom. The zero-order chi connectivity index (χ0) is 12.4. The number of hydrogen-bond donors (Lipinski definition) is 0. The van der Waals surface area contributed by atoms with E-state index in [-0.39, 0.29) is 11.8 Å². The summed E-state index contributed by atoms with van der Waals surface area (Å²) in [5, 5.41) is 0. The van der Waals surface area contributed by atoms with Crippen LogP contribution in [0.4, 0.5) is 17.6 Å². The van der Waals surface area contributed by atoms with Crippen molar-refractivity contribution in [1.82, 2.24) is 0 Å². The molecule has 16 heavy (non-hydrogen) atoms. The summed E-state index contributed by atoms with van der Waals surface area (Å²) in [6, 6.07) is 4.41. The minimum Gasteiger partial charge on any atom is -0.497 e. The van der Waals surface area contributed by atoms with E-state index in [2.05, 4.69) is 6.58 Å². The Kier molecular flexibility index (Phi) is 3.26. The highest BCUT2D eigenvalue weighted by atomic mass is 19.3. The maximum Gasteiger partial charge on any atom is 0.339 e. The topological polar surface area (TPSA) is 9.23 Å². The third-order valence-corrected chi connectivity index (χ3v) is 2.11. The monoisotopic (exact) mass is 234 g/mol. The first-order valence-corrected chi connectivity index (χ1v) is 4.39. The van der Waals surface area contributed by atoms with Gasteiger partial charge in [-0.05, 0) is 18.2 Å². The van der Waals surface area contributed by atoms with Crippen LogP contribution in [-0.4, -0.2) is 13.0 Å². The molecule has 0 saturated carbocycles. The summed E-state index contributed by atoms with van der Waals surface area (Å²) in [4.78, 5) is 0. The molecule has 0 spiro atoms. The summed E-state index contributed by atoms with van der Waals surface area (Å²) in [7, 11) is 1.27. The normalized spacial score (nSPS) is 12.3. The van der Waals surface area contributed by atoms with E-state index in [1.807, 2.05) is 0 Å². The van der Waals surface area contributed by atoms with Crippen molar-refractivity contribution < 1.29 is 22.3 Å². The number of rotatable bonds is 4. The summed E-state index contributed by atoms with van der Waals surface area (Å²) in [5.41, 5.74) is -0.809. The van der Waals surface area contributed by atoms with E-state index in [0.29, 0.717) is 0 Å². The third-order valence-electron chi connectivity index (χ3n) is 2.11. The van der Waals surface area contributed by atoms with Crippen LogP contribution in [0.1, 0.15) is 5.56 Å². The van der Waals surface area contributed by atoms with E-state index in [4.69, 9.17) is 4.74 Å². The molecule has 0 unspecified atom stereocenters. The van der Waals surface area contributed by atoms with Gasteiger partial charge in [0.05, 0.1) is 7.11 Å². The third kappa shape index (κ3) is 2.03. The molecule has 1 aromatic rings. The van der Waals surface area contributed by atoms with Gasteiger partial charge in [0.15, 0.2) is 0 Å². The average molecular weight is 234 g/mol. The van der Waals surface area contributed by atoms with Gasteiger partial charge in [0, 0.05) is 5.56 Å². The molecule has 0 aliphatic carbocycles. The molecular weight excluding hydrogens is 224 g/mol. The second-order valence-corrected chi connectivity index (χ2v) is 3.13. The summed E-state index contributed by atoms with van der Waals surface area (Å²) < 4.78 is 57.3. The van der Waals surface area contributed by atoms with Gasteiger partial charge in [-0.15, -0.1) is 0 Å². The molecule has 0 aliphatic heterocycles. The van der Waals surface area contributed by atoms with Crippen molar-refractivity contribution in [3.05, 3.63) is 42.5 Å². The molecule has 0 N–H and O–H groups in total. The molecule has 1 aromatic carbocycles. The highest BCUT2D eigenvalue weighted by Crippen LogP contribution is 2.44. The Balaban J connectivity index is 3.20. The van der Waals surface area contributed by atoms with Gasteiger partial charge in [0.1, 0.15) is 5.75 Å². The Morgan fingerprint density at radius 2 is 1.88 bits per heavy atom. The van der Waals surface area contributed by atoms with Crippen molar-refractivity contribution in [2.75, 3.05) is 7.11 Å². The number of ether oxygens (including phenoxy) is 1. The van der Waals surface area contributed by atoms with Gasteiger partial charge in [-0.3, -0.25) is 0 Å². The maximum absolute atomic E-state index is 13.4. The molecular formula is C11H10F4O. The fourth-order valence-electron chi connectivity index (χ4n) is 1.14. The molecule has 0 saturated heterocycles. The molecule has 0 aromatic heterocycles. The fourth-order valence-corrected chi connectivity index (χ4v) is 1.14. The number of benzene rings is 1. The number of hydrogen-bond acceptors (Lipinski definition) is 1. The lowest BCUT2D eigenvalue weighted by atomic mass is 10.0. The van der Waals surface area contributed by atoms with Crippen LogP contribution in [0.15, 0.2) is 36.9 Å². The van der Waals surface area contributed by atoms with Crippen LogP contribution in [0.3, 0.4) is 0 Å². The number of methoxy groups -OCH3 is 1. The van der Waals surface area contributed by atoms with Crippen molar-refractivity contribution in [3.8, 4) is 5.75 Å². The number of alkyl halides is 4. The van der Waals surface area contributed by atoms with Gasteiger partial charge < -0.3 is 4.74 Å². The Morgan fingerprint density at radius 1 is 1.25 bits per heavy atom. The van der Waals surface area contributed by atoms with Crippen molar-refractivity contribution in [3.63, 3.8) is 0 Å². The van der Waals surface area contributed by atoms with E-state index < -0.39 is 17.4 Å². The standard InChI is InChI=1S/C11H10F4O/c1-3-10(12,13)11(14,15)8-5-4-6-9(7-8)16-2/h3-7H,1H2,2H3. The predicted molar refractivity (Wildman–Crippen MR) is 52.0 cm³/mol. The first-order chi connectivity index (χ1) is 7.35. The van der Waals surface area contributed by atoms with Gasteiger partial charge >= 0.3 is 11.8 Å². The van der Waals surface area contributed by atoms with Gasteiger partial charge in [-0.25, -0.2) is 0 Å². The number of allylic oxidation sites excluding steroid dienone is 1. The number of halogens is 4. The summed E-state index contributed by atoms with van der Waals surface area (Å²) >= 11 is 0. The summed E-state index contributed by atoms with van der Waals surface area (Å²) in [6.07, 6.45) is -0.0630. The van der Waals surface area contributed by atoms with Gasteiger partial charge in [-0.1, -0.05) is 18.7 Å². The predicted octanol–water partition coefficient (Wildman–Crippen LogP) is 3.61. The van der Waals surface area contributed by atoms with Gasteiger partial charge in [-0.2, -0.15) is 17.6 Å². The Labute approximate surface area is 90.3 Å². The van der Waals surface area contributed by atoms with E-state index in [1.165, 1.54) is 19.2 Å². The van der Waals surface area contributed by atoms with E-state index in [0.717, 1.165) is 12.1 Å². The van der Waals surface area contributed by atoms with Gasteiger partial charge in [0.25, 0.3) is 0 Å². The van der Waals surface area contributed by atoms with Crippen molar-refractivity contribution in [2.45, 2.75) is 11.8 Å². The first-order valence-electron chi connectivity index (χ1n) is 4.39. The van der Waals surface area contributed by atoms with Gasteiger partial charge in [0.2, 0.25) is 0 Å². The quantitative estimate of drug-likeness (QED) is 0.571. The first kappa shape index (κ1) is 12.5. The average Bonchev–Trinajstić information content (AvgIpc) is 2.28. The molecule has 0 fully saturated rings. The maximum atomic E-state index is 13.4. The Bertz CT molecular complexity index is 387. The van der Waals surface area contributed by atoms with E-state index in [1.54, 1.807) is 0 Å².